The number of benzene rings is 1. The Morgan fingerprint density at radius 1 is 1.10 bits per heavy atom. The topological polar surface area (TPSA) is 31.4 Å². The highest BCUT2D eigenvalue weighted by molar-refractivity contribution is 6.30. The number of hydrogen-bond acceptors (Lipinski definition) is 3. The molecule has 0 aliphatic heterocycles. The molecule has 1 fully saturated rings. The summed E-state index contributed by atoms with van der Waals surface area (Å²) >= 11 is 6.40. The summed E-state index contributed by atoms with van der Waals surface area (Å²) in [7, 11) is 0. The van der Waals surface area contributed by atoms with Crippen molar-refractivity contribution in [1.82, 2.24) is 4.98 Å². The largest absolute Gasteiger partial charge is 0.493 e. The third kappa shape index (κ3) is 4.73. The summed E-state index contributed by atoms with van der Waals surface area (Å²) in [5.41, 5.74) is 5.46. The highest BCUT2D eigenvalue weighted by atomic mass is 35.5. The molecule has 30 heavy (non-hydrogen) atoms. The number of pyridine rings is 1. The van der Waals surface area contributed by atoms with Crippen LogP contribution in [0.15, 0.2) is 43.0 Å². The zero-order valence-corrected chi connectivity index (χ0v) is 18.5. The number of rotatable bonds is 8. The van der Waals surface area contributed by atoms with E-state index in [1.807, 2.05) is 31.2 Å². The monoisotopic (exact) mass is 423 g/mol. The van der Waals surface area contributed by atoms with Crippen LogP contribution in [0.5, 0.6) is 5.75 Å². The lowest BCUT2D eigenvalue weighted by Crippen LogP contribution is -2.09. The summed E-state index contributed by atoms with van der Waals surface area (Å²) in [4.78, 5) is 4.85. The molecule has 0 radical (unpaired) electrons. The van der Waals surface area contributed by atoms with Crippen molar-refractivity contribution in [3.63, 3.8) is 0 Å². The van der Waals surface area contributed by atoms with Gasteiger partial charge in [-0.05, 0) is 86.4 Å². The molecule has 1 aromatic carbocycles. The number of nitrogens with zero attached hydrogens (tertiary/aromatic N) is 1. The van der Waals surface area contributed by atoms with Gasteiger partial charge < -0.3 is 9.47 Å². The fraction of sp³-hybridized carbons (Fsp3) is 0.423. The van der Waals surface area contributed by atoms with Crippen LogP contribution in [0.1, 0.15) is 68.8 Å². The standard InChI is InChI=1S/C26H30ClNO2/c1-3-29-18(2)24-12-7-13-25(28-24)22-11-6-10-21(22)23-16-20(27)14-15-26(23)30-17-19-8-4-5-9-19/h7,12-16,19H,2-6,8-11,17H2,1H3. The zero-order valence-electron chi connectivity index (χ0n) is 17.8. The van der Waals surface area contributed by atoms with Crippen molar-refractivity contribution in [2.24, 2.45) is 5.92 Å². The molecular weight excluding hydrogens is 394 g/mol. The first-order valence-electron chi connectivity index (χ1n) is 11.1. The molecule has 158 valence electrons. The van der Waals surface area contributed by atoms with Crippen LogP contribution in [-0.2, 0) is 4.74 Å². The SMILES string of the molecule is C=C(OCC)c1cccc(C2=C(c3cc(Cl)ccc3OCC3CCCC3)CCC2)n1. The highest BCUT2D eigenvalue weighted by Gasteiger charge is 2.23. The molecule has 4 heteroatoms. The summed E-state index contributed by atoms with van der Waals surface area (Å²) < 4.78 is 11.9. The van der Waals surface area contributed by atoms with Gasteiger partial charge in [0, 0.05) is 10.6 Å². The van der Waals surface area contributed by atoms with Gasteiger partial charge in [-0.15, -0.1) is 0 Å². The molecule has 1 saturated carbocycles. The van der Waals surface area contributed by atoms with Crippen LogP contribution in [0.2, 0.25) is 5.02 Å². The number of hydrogen-bond donors (Lipinski definition) is 0. The van der Waals surface area contributed by atoms with Crippen molar-refractivity contribution < 1.29 is 9.47 Å². The third-order valence-corrected chi connectivity index (χ3v) is 6.33. The quantitative estimate of drug-likeness (QED) is 0.414. The van der Waals surface area contributed by atoms with E-state index in [4.69, 9.17) is 26.1 Å². The Balaban J connectivity index is 1.66. The van der Waals surface area contributed by atoms with Crippen molar-refractivity contribution in [3.8, 4) is 5.75 Å². The first kappa shape index (κ1) is 21.0. The van der Waals surface area contributed by atoms with E-state index in [-0.39, 0.29) is 0 Å². The molecule has 0 unspecified atom stereocenters. The lowest BCUT2D eigenvalue weighted by molar-refractivity contribution is 0.251. The fourth-order valence-electron chi connectivity index (χ4n) is 4.58. The minimum atomic E-state index is 0.586. The van der Waals surface area contributed by atoms with E-state index >= 15 is 0 Å². The van der Waals surface area contributed by atoms with Crippen LogP contribution in [-0.4, -0.2) is 18.2 Å². The van der Waals surface area contributed by atoms with Gasteiger partial charge in [-0.2, -0.15) is 0 Å². The van der Waals surface area contributed by atoms with Crippen LogP contribution in [0.4, 0.5) is 0 Å². The van der Waals surface area contributed by atoms with Crippen molar-refractivity contribution in [2.45, 2.75) is 51.9 Å². The van der Waals surface area contributed by atoms with E-state index < -0.39 is 0 Å². The molecule has 0 bridgehead atoms. The van der Waals surface area contributed by atoms with Crippen molar-refractivity contribution in [3.05, 3.63) is 65.0 Å². The average Bonchev–Trinajstić information content (AvgIpc) is 3.45. The van der Waals surface area contributed by atoms with Gasteiger partial charge >= 0.3 is 0 Å². The summed E-state index contributed by atoms with van der Waals surface area (Å²) in [6.07, 6.45) is 8.32. The van der Waals surface area contributed by atoms with Gasteiger partial charge in [-0.25, -0.2) is 4.98 Å². The second-order valence-corrected chi connectivity index (χ2v) is 8.61. The normalized spacial score (nSPS) is 16.9. The maximum absolute atomic E-state index is 6.40. The molecule has 0 saturated heterocycles. The maximum Gasteiger partial charge on any atom is 0.137 e. The van der Waals surface area contributed by atoms with Crippen LogP contribution in [0.3, 0.4) is 0 Å². The molecule has 2 aliphatic rings. The highest BCUT2D eigenvalue weighted by Crippen LogP contribution is 2.43. The minimum absolute atomic E-state index is 0.586. The first-order chi connectivity index (χ1) is 14.7. The lowest BCUT2D eigenvalue weighted by Gasteiger charge is -2.17. The van der Waals surface area contributed by atoms with E-state index in [2.05, 4.69) is 18.7 Å². The second-order valence-electron chi connectivity index (χ2n) is 8.18. The predicted molar refractivity (Wildman–Crippen MR) is 124 cm³/mol. The van der Waals surface area contributed by atoms with Crippen molar-refractivity contribution >= 4 is 28.5 Å². The van der Waals surface area contributed by atoms with Gasteiger partial charge in [0.2, 0.25) is 0 Å². The number of allylic oxidation sites excluding steroid dienone is 2. The molecular formula is C26H30ClNO2. The van der Waals surface area contributed by atoms with E-state index in [9.17, 15) is 0 Å². The average molecular weight is 424 g/mol. The summed E-state index contributed by atoms with van der Waals surface area (Å²) in [6.45, 7) is 7.34. The van der Waals surface area contributed by atoms with Crippen LogP contribution in [0.25, 0.3) is 16.9 Å². The van der Waals surface area contributed by atoms with Gasteiger partial charge in [0.1, 0.15) is 17.2 Å². The van der Waals surface area contributed by atoms with E-state index in [1.165, 1.54) is 36.8 Å². The molecule has 3 nitrogen and oxygen atoms in total. The number of halogens is 1. The predicted octanol–water partition coefficient (Wildman–Crippen LogP) is 7.41. The molecule has 4 rings (SSSR count). The van der Waals surface area contributed by atoms with Crippen LogP contribution >= 0.6 is 11.6 Å². The first-order valence-corrected chi connectivity index (χ1v) is 11.5. The molecule has 1 aromatic heterocycles. The smallest absolute Gasteiger partial charge is 0.137 e. The Labute approximate surface area is 184 Å². The van der Waals surface area contributed by atoms with Crippen molar-refractivity contribution in [1.29, 1.82) is 0 Å². The lowest BCUT2D eigenvalue weighted by atomic mass is 9.98. The Morgan fingerprint density at radius 2 is 1.90 bits per heavy atom. The summed E-state index contributed by atoms with van der Waals surface area (Å²) in [5.74, 6) is 2.23. The van der Waals surface area contributed by atoms with Crippen LogP contribution < -0.4 is 4.74 Å². The molecule has 0 N–H and O–H groups in total. The Kier molecular flexibility index (Phi) is 6.79. The molecule has 0 spiro atoms. The van der Waals surface area contributed by atoms with E-state index in [0.29, 0.717) is 18.3 Å². The zero-order chi connectivity index (χ0) is 20.9. The number of ether oxygens (including phenoxy) is 2. The molecule has 0 atom stereocenters. The second kappa shape index (κ2) is 9.70. The summed E-state index contributed by atoms with van der Waals surface area (Å²) in [6, 6.07) is 12.1. The number of aromatic nitrogens is 1. The fourth-order valence-corrected chi connectivity index (χ4v) is 4.75. The Morgan fingerprint density at radius 3 is 2.70 bits per heavy atom. The van der Waals surface area contributed by atoms with Gasteiger partial charge in [0.25, 0.3) is 0 Å². The van der Waals surface area contributed by atoms with E-state index in [1.54, 1.807) is 0 Å². The van der Waals surface area contributed by atoms with E-state index in [0.717, 1.165) is 53.6 Å². The Bertz CT molecular complexity index is 944. The van der Waals surface area contributed by atoms with Gasteiger partial charge in [0.15, 0.2) is 0 Å². The summed E-state index contributed by atoms with van der Waals surface area (Å²) in [5, 5.41) is 0.739. The van der Waals surface area contributed by atoms with Crippen molar-refractivity contribution in [2.75, 3.05) is 13.2 Å². The van der Waals surface area contributed by atoms with Crippen LogP contribution in [0, 0.1) is 5.92 Å². The molecule has 0 amide bonds. The van der Waals surface area contributed by atoms with Gasteiger partial charge in [-0.1, -0.05) is 37.1 Å². The Hall–Kier alpha value is -2.26. The molecule has 2 aromatic rings. The third-order valence-electron chi connectivity index (χ3n) is 6.10. The van der Waals surface area contributed by atoms with Gasteiger partial charge in [0.05, 0.1) is 18.9 Å². The minimum Gasteiger partial charge on any atom is -0.493 e. The molecule has 1 heterocycles. The maximum atomic E-state index is 6.40. The molecule has 2 aliphatic carbocycles. The van der Waals surface area contributed by atoms with Gasteiger partial charge in [-0.3, -0.25) is 0 Å².